The van der Waals surface area contributed by atoms with Crippen LogP contribution in [0.15, 0.2) is 18.2 Å². The van der Waals surface area contributed by atoms with Crippen LogP contribution >= 0.6 is 22.6 Å². The van der Waals surface area contributed by atoms with Crippen LogP contribution in [0.2, 0.25) is 0 Å². The summed E-state index contributed by atoms with van der Waals surface area (Å²) in [5.41, 5.74) is 0.765. The smallest absolute Gasteiger partial charge is 0.310 e. The molecular weight excluding hydrogens is 295 g/mol. The van der Waals surface area contributed by atoms with Crippen molar-refractivity contribution in [1.82, 2.24) is 0 Å². The highest BCUT2D eigenvalue weighted by molar-refractivity contribution is 14.1. The summed E-state index contributed by atoms with van der Waals surface area (Å²) in [6.45, 7) is 2.15. The van der Waals surface area contributed by atoms with Crippen LogP contribution in [-0.2, 0) is 16.0 Å². The van der Waals surface area contributed by atoms with Crippen LogP contribution in [0, 0.1) is 3.57 Å². The molecule has 0 aliphatic carbocycles. The summed E-state index contributed by atoms with van der Waals surface area (Å²) in [5.74, 6) is -0.0690. The molecule has 3 nitrogen and oxygen atoms in total. The van der Waals surface area contributed by atoms with Crippen molar-refractivity contribution in [3.63, 3.8) is 0 Å². The van der Waals surface area contributed by atoms with E-state index < -0.39 is 0 Å². The van der Waals surface area contributed by atoms with Gasteiger partial charge in [0.2, 0.25) is 0 Å². The molecule has 1 N–H and O–H groups in total. The summed E-state index contributed by atoms with van der Waals surface area (Å²) in [6.07, 6.45) is 0.207. The van der Waals surface area contributed by atoms with Crippen LogP contribution in [0.5, 0.6) is 5.75 Å². The lowest BCUT2D eigenvalue weighted by atomic mass is 10.1. The number of hydrogen-bond donors (Lipinski definition) is 1. The zero-order valence-electron chi connectivity index (χ0n) is 7.79. The highest BCUT2D eigenvalue weighted by Crippen LogP contribution is 2.20. The first-order chi connectivity index (χ1) is 6.63. The zero-order valence-corrected chi connectivity index (χ0v) is 9.95. The van der Waals surface area contributed by atoms with Gasteiger partial charge in [-0.1, -0.05) is 6.07 Å². The van der Waals surface area contributed by atoms with E-state index in [1.165, 1.54) is 0 Å². The molecule has 14 heavy (non-hydrogen) atoms. The molecule has 0 unspecified atom stereocenters. The van der Waals surface area contributed by atoms with Crippen LogP contribution in [0.1, 0.15) is 12.5 Å². The summed E-state index contributed by atoms with van der Waals surface area (Å²) in [7, 11) is 0. The second-order valence-electron chi connectivity index (χ2n) is 2.77. The van der Waals surface area contributed by atoms with Gasteiger partial charge in [0.25, 0.3) is 0 Å². The van der Waals surface area contributed by atoms with Crippen LogP contribution in [0.3, 0.4) is 0 Å². The van der Waals surface area contributed by atoms with Crippen molar-refractivity contribution >= 4 is 28.6 Å². The van der Waals surface area contributed by atoms with E-state index in [0.29, 0.717) is 6.61 Å². The van der Waals surface area contributed by atoms with Crippen molar-refractivity contribution < 1.29 is 14.6 Å². The molecule has 1 aromatic carbocycles. The fraction of sp³-hybridized carbons (Fsp3) is 0.300. The maximum absolute atomic E-state index is 11.1. The summed E-state index contributed by atoms with van der Waals surface area (Å²) < 4.78 is 5.57. The number of ether oxygens (including phenoxy) is 1. The number of phenolic OH excluding ortho intramolecular Hbond substituents is 1. The second-order valence-corrected chi connectivity index (χ2v) is 3.93. The molecule has 0 amide bonds. The molecule has 0 heterocycles. The molecule has 0 saturated heterocycles. The highest BCUT2D eigenvalue weighted by atomic mass is 127. The second kappa shape index (κ2) is 5.19. The molecule has 0 aliphatic rings. The number of hydrogen-bond acceptors (Lipinski definition) is 3. The Hall–Kier alpha value is -0.780. The Morgan fingerprint density at radius 1 is 1.57 bits per heavy atom. The maximum Gasteiger partial charge on any atom is 0.310 e. The minimum absolute atomic E-state index is 0.201. The predicted octanol–water partition coefficient (Wildman–Crippen LogP) is 2.10. The minimum atomic E-state index is -0.270. The van der Waals surface area contributed by atoms with E-state index in [1.807, 2.05) is 22.6 Å². The molecule has 0 fully saturated rings. The Labute approximate surface area is 96.2 Å². The van der Waals surface area contributed by atoms with Crippen LogP contribution in [0.25, 0.3) is 0 Å². The highest BCUT2D eigenvalue weighted by Gasteiger charge is 2.05. The molecule has 0 atom stereocenters. The topological polar surface area (TPSA) is 46.5 Å². The van der Waals surface area contributed by atoms with Crippen molar-refractivity contribution in [2.24, 2.45) is 0 Å². The van der Waals surface area contributed by atoms with Crippen molar-refractivity contribution in [3.8, 4) is 5.75 Å². The third kappa shape index (κ3) is 3.17. The van der Waals surface area contributed by atoms with Crippen LogP contribution < -0.4 is 0 Å². The average Bonchev–Trinajstić information content (AvgIpc) is 2.12. The van der Waals surface area contributed by atoms with E-state index in [-0.39, 0.29) is 18.1 Å². The lowest BCUT2D eigenvalue weighted by Gasteiger charge is -2.03. The van der Waals surface area contributed by atoms with E-state index in [4.69, 9.17) is 4.74 Å². The number of esters is 1. The van der Waals surface area contributed by atoms with E-state index in [2.05, 4.69) is 0 Å². The Morgan fingerprint density at radius 3 is 2.86 bits per heavy atom. The van der Waals surface area contributed by atoms with Gasteiger partial charge in [-0.05, 0) is 47.2 Å². The number of aromatic hydroxyl groups is 1. The number of halogens is 1. The van der Waals surface area contributed by atoms with Gasteiger partial charge in [0.15, 0.2) is 0 Å². The van der Waals surface area contributed by atoms with E-state index >= 15 is 0 Å². The first-order valence-corrected chi connectivity index (χ1v) is 5.34. The van der Waals surface area contributed by atoms with Gasteiger partial charge < -0.3 is 9.84 Å². The van der Waals surface area contributed by atoms with Crippen molar-refractivity contribution in [2.75, 3.05) is 6.61 Å². The monoisotopic (exact) mass is 306 g/mol. The van der Waals surface area contributed by atoms with Gasteiger partial charge in [0, 0.05) is 0 Å². The Balaban J connectivity index is 2.68. The number of phenols is 1. The molecule has 76 valence electrons. The molecule has 0 aliphatic heterocycles. The third-order valence-electron chi connectivity index (χ3n) is 1.66. The Bertz CT molecular complexity index is 336. The van der Waals surface area contributed by atoms with E-state index in [9.17, 15) is 9.90 Å². The zero-order chi connectivity index (χ0) is 10.6. The molecule has 0 radical (unpaired) electrons. The first-order valence-electron chi connectivity index (χ1n) is 4.26. The summed E-state index contributed by atoms with van der Waals surface area (Å²) in [5, 5.41) is 9.38. The van der Waals surface area contributed by atoms with Crippen LogP contribution in [-0.4, -0.2) is 17.7 Å². The molecule has 1 aromatic rings. The Morgan fingerprint density at radius 2 is 2.29 bits per heavy atom. The van der Waals surface area contributed by atoms with Crippen molar-refractivity contribution in [3.05, 3.63) is 27.3 Å². The van der Waals surface area contributed by atoms with Crippen molar-refractivity contribution in [1.29, 1.82) is 0 Å². The van der Waals surface area contributed by atoms with E-state index in [1.54, 1.807) is 25.1 Å². The first kappa shape index (κ1) is 11.3. The minimum Gasteiger partial charge on any atom is -0.507 e. The number of rotatable bonds is 3. The van der Waals surface area contributed by atoms with Gasteiger partial charge in [-0.25, -0.2) is 0 Å². The summed E-state index contributed by atoms with van der Waals surface area (Å²) >= 11 is 2.03. The fourth-order valence-corrected chi connectivity index (χ4v) is 1.38. The normalized spacial score (nSPS) is 9.86. The Kier molecular flexibility index (Phi) is 4.19. The lowest BCUT2D eigenvalue weighted by Crippen LogP contribution is -2.07. The summed E-state index contributed by atoms with van der Waals surface area (Å²) in [4.78, 5) is 11.1. The van der Waals surface area contributed by atoms with Gasteiger partial charge in [-0.3, -0.25) is 4.79 Å². The molecule has 0 saturated carbocycles. The molecule has 1 rings (SSSR count). The molecule has 4 heteroatoms. The molecule has 0 bridgehead atoms. The van der Waals surface area contributed by atoms with Gasteiger partial charge in [-0.2, -0.15) is 0 Å². The largest absolute Gasteiger partial charge is 0.507 e. The van der Waals surface area contributed by atoms with Crippen LogP contribution in [0.4, 0.5) is 0 Å². The van der Waals surface area contributed by atoms with Gasteiger partial charge in [0.05, 0.1) is 16.6 Å². The molecular formula is C10H11IO3. The maximum atomic E-state index is 11.1. The number of benzene rings is 1. The van der Waals surface area contributed by atoms with E-state index in [0.717, 1.165) is 9.13 Å². The SMILES string of the molecule is CCOC(=O)Cc1ccc(I)c(O)c1. The van der Waals surface area contributed by atoms with Crippen molar-refractivity contribution in [2.45, 2.75) is 13.3 Å². The van der Waals surface area contributed by atoms with Gasteiger partial charge >= 0.3 is 5.97 Å². The average molecular weight is 306 g/mol. The van der Waals surface area contributed by atoms with Gasteiger partial charge in [-0.15, -0.1) is 0 Å². The third-order valence-corrected chi connectivity index (χ3v) is 2.58. The molecule has 0 aromatic heterocycles. The fourth-order valence-electron chi connectivity index (χ4n) is 1.05. The number of carbonyl (C=O) groups excluding carboxylic acids is 1. The number of carbonyl (C=O) groups is 1. The molecule has 0 spiro atoms. The standard InChI is InChI=1S/C10H11IO3/c1-2-14-10(13)6-7-3-4-8(11)9(12)5-7/h3-5,12H,2,6H2,1H3. The predicted molar refractivity (Wildman–Crippen MR) is 61.2 cm³/mol. The van der Waals surface area contributed by atoms with Gasteiger partial charge in [0.1, 0.15) is 5.75 Å². The summed E-state index contributed by atoms with van der Waals surface area (Å²) in [6, 6.07) is 5.15. The lowest BCUT2D eigenvalue weighted by molar-refractivity contribution is -0.142. The quantitative estimate of drug-likeness (QED) is 0.687.